The smallest absolute Gasteiger partial charge is 0.268 e. The Morgan fingerprint density at radius 2 is 0.772 bits per heavy atom. The van der Waals surface area contributed by atoms with Gasteiger partial charge >= 0.3 is 0 Å². The van der Waals surface area contributed by atoms with Crippen molar-refractivity contribution in [3.63, 3.8) is 0 Å². The number of aliphatic hydroxyl groups excluding tert-OH is 1. The van der Waals surface area contributed by atoms with E-state index in [0.29, 0.717) is 23.9 Å². The van der Waals surface area contributed by atoms with Crippen molar-refractivity contribution in [3.8, 4) is 0 Å². The van der Waals surface area contributed by atoms with E-state index in [4.69, 9.17) is 9.05 Å². The Labute approximate surface area is 492 Å². The summed E-state index contributed by atoms with van der Waals surface area (Å²) < 4.78 is 23.5. The molecule has 2 N–H and O–H groups in total. The number of unbranched alkanes of at least 4 members (excludes halogenated alkanes) is 40. The van der Waals surface area contributed by atoms with Gasteiger partial charge < -0.3 is 28.8 Å². The van der Waals surface area contributed by atoms with Crippen LogP contribution < -0.4 is 10.2 Å². The van der Waals surface area contributed by atoms with E-state index in [1.54, 1.807) is 0 Å². The highest BCUT2D eigenvalue weighted by Gasteiger charge is 2.24. The number of hydrogen-bond acceptors (Lipinski definition) is 6. The molecule has 9 heteroatoms. The van der Waals surface area contributed by atoms with Crippen LogP contribution in [0.1, 0.15) is 328 Å². The Kier molecular flexibility index (Phi) is 59.4. The third-order valence-corrected chi connectivity index (χ3v) is 16.5. The van der Waals surface area contributed by atoms with Crippen LogP contribution in [0.2, 0.25) is 0 Å². The summed E-state index contributed by atoms with van der Waals surface area (Å²) in [6.07, 6.45) is 82.9. The molecule has 3 atom stereocenters. The van der Waals surface area contributed by atoms with Gasteiger partial charge in [-0.05, 0) is 57.8 Å². The number of nitrogens with zero attached hydrogens (tertiary/aromatic N) is 1. The Hall–Kier alpha value is -1.80. The van der Waals surface area contributed by atoms with E-state index in [2.05, 4.69) is 79.9 Å². The van der Waals surface area contributed by atoms with Gasteiger partial charge in [-0.2, -0.15) is 0 Å². The molecule has 464 valence electrons. The Morgan fingerprint density at radius 1 is 0.456 bits per heavy atom. The first-order valence-corrected chi connectivity index (χ1v) is 35.6. The van der Waals surface area contributed by atoms with Gasteiger partial charge in [-0.3, -0.25) is 9.36 Å². The summed E-state index contributed by atoms with van der Waals surface area (Å²) in [6.45, 7) is 4.65. The van der Waals surface area contributed by atoms with Crippen LogP contribution in [0.25, 0.3) is 0 Å². The van der Waals surface area contributed by atoms with Crippen LogP contribution >= 0.6 is 7.82 Å². The van der Waals surface area contributed by atoms with Crippen molar-refractivity contribution in [2.75, 3.05) is 40.9 Å². The van der Waals surface area contributed by atoms with Gasteiger partial charge in [0.2, 0.25) is 5.91 Å². The molecule has 0 aromatic heterocycles. The number of allylic oxidation sites excluding steroid dienone is 10. The summed E-state index contributed by atoms with van der Waals surface area (Å²) in [7, 11) is 1.31. The average Bonchev–Trinajstić information content (AvgIpc) is 3.42. The highest BCUT2D eigenvalue weighted by Crippen LogP contribution is 2.38. The lowest BCUT2D eigenvalue weighted by atomic mass is 10.0. The first-order valence-electron chi connectivity index (χ1n) is 34.1. The van der Waals surface area contributed by atoms with E-state index in [0.717, 1.165) is 70.6 Å². The normalized spacial score (nSPS) is 14.1. The predicted octanol–water partition coefficient (Wildman–Crippen LogP) is 21.0. The molecule has 0 rings (SSSR count). The third kappa shape index (κ3) is 63.6. The zero-order chi connectivity index (χ0) is 57.7. The van der Waals surface area contributed by atoms with Crippen LogP contribution in [0.5, 0.6) is 0 Å². The second kappa shape index (κ2) is 60.8. The fourth-order valence-corrected chi connectivity index (χ4v) is 11.0. The van der Waals surface area contributed by atoms with Crippen molar-refractivity contribution in [2.45, 2.75) is 341 Å². The minimum absolute atomic E-state index is 0.0104. The van der Waals surface area contributed by atoms with Crippen molar-refractivity contribution in [2.24, 2.45) is 0 Å². The maximum atomic E-state index is 13.0. The third-order valence-electron chi connectivity index (χ3n) is 15.5. The Morgan fingerprint density at radius 3 is 1.13 bits per heavy atom. The molecule has 0 aliphatic carbocycles. The minimum atomic E-state index is -4.58. The summed E-state index contributed by atoms with van der Waals surface area (Å²) in [5.74, 6) is -0.165. The van der Waals surface area contributed by atoms with Crippen molar-refractivity contribution in [1.29, 1.82) is 0 Å². The molecule has 0 aliphatic heterocycles. The van der Waals surface area contributed by atoms with Gasteiger partial charge in [-0.25, -0.2) is 0 Å². The van der Waals surface area contributed by atoms with Crippen molar-refractivity contribution < 1.29 is 32.9 Å². The lowest BCUT2D eigenvalue weighted by Gasteiger charge is -2.30. The quantitative estimate of drug-likeness (QED) is 0.0272. The molecule has 79 heavy (non-hydrogen) atoms. The number of aliphatic hydroxyl groups is 1. The van der Waals surface area contributed by atoms with E-state index < -0.39 is 20.0 Å². The first-order chi connectivity index (χ1) is 38.5. The van der Waals surface area contributed by atoms with Crippen LogP contribution in [-0.4, -0.2) is 68.5 Å². The summed E-state index contributed by atoms with van der Waals surface area (Å²) in [6, 6.07) is -0.807. The molecule has 8 nitrogen and oxygen atoms in total. The van der Waals surface area contributed by atoms with E-state index in [-0.39, 0.29) is 19.1 Å². The second-order valence-corrected chi connectivity index (χ2v) is 25.9. The summed E-state index contributed by atoms with van der Waals surface area (Å²) in [4.78, 5) is 25.7. The van der Waals surface area contributed by atoms with Crippen molar-refractivity contribution in [1.82, 2.24) is 5.32 Å². The van der Waals surface area contributed by atoms with E-state index in [1.165, 1.54) is 231 Å². The maximum absolute atomic E-state index is 13.0. The number of quaternary nitrogens is 1. The lowest BCUT2D eigenvalue weighted by molar-refractivity contribution is -0.870. The molecule has 0 saturated heterocycles. The van der Waals surface area contributed by atoms with Crippen molar-refractivity contribution >= 4 is 13.7 Å². The monoisotopic (exact) mass is 1130 g/mol. The molecule has 0 aromatic carbocycles. The molecular weight excluding hydrogens is 996 g/mol. The molecule has 0 radical (unpaired) electrons. The van der Waals surface area contributed by atoms with Gasteiger partial charge in [-0.1, -0.05) is 325 Å². The van der Waals surface area contributed by atoms with Gasteiger partial charge in [0.1, 0.15) is 13.2 Å². The number of amides is 1. The largest absolute Gasteiger partial charge is 0.756 e. The van der Waals surface area contributed by atoms with Crippen LogP contribution in [0.4, 0.5) is 0 Å². The molecule has 0 bridgehead atoms. The second-order valence-electron chi connectivity index (χ2n) is 24.5. The van der Waals surface area contributed by atoms with E-state index >= 15 is 0 Å². The SMILES string of the molecule is CC/C=C\C/C=C\C/C=C\C/C=C\C/C=C\CCCCCCCCCCCCCC(=O)NC(COP(=O)([O-])OCC[N+](C)(C)C)C(O)CCCCCCCCCCCCCCCCCCCCCCCCCCCCCCCC. The molecule has 3 unspecified atom stereocenters. The lowest BCUT2D eigenvalue weighted by Crippen LogP contribution is -2.46. The molecular formula is C70H133N2O6P. The fraction of sp³-hybridized carbons (Fsp3) is 0.843. The number of carbonyl (C=O) groups is 1. The molecule has 0 aromatic rings. The van der Waals surface area contributed by atoms with Crippen LogP contribution in [0.3, 0.4) is 0 Å². The zero-order valence-electron chi connectivity index (χ0n) is 53.1. The van der Waals surface area contributed by atoms with Crippen LogP contribution in [0.15, 0.2) is 60.8 Å². The highest BCUT2D eigenvalue weighted by atomic mass is 31.2. The minimum Gasteiger partial charge on any atom is -0.756 e. The van der Waals surface area contributed by atoms with Crippen LogP contribution in [0, 0.1) is 0 Å². The molecule has 0 heterocycles. The topological polar surface area (TPSA) is 108 Å². The highest BCUT2D eigenvalue weighted by molar-refractivity contribution is 7.45. The maximum Gasteiger partial charge on any atom is 0.268 e. The first kappa shape index (κ1) is 77.2. The van der Waals surface area contributed by atoms with E-state index in [9.17, 15) is 19.4 Å². The number of hydrogen-bond donors (Lipinski definition) is 2. The Balaban J connectivity index is 4.06. The number of nitrogens with one attached hydrogen (secondary N) is 1. The molecule has 0 fully saturated rings. The molecule has 1 amide bonds. The standard InChI is InChI=1S/C70H133N2O6P/c1-6-8-10-12-14-16-18-20-22-24-26-28-30-32-34-35-36-38-39-41-43-45-47-49-51-53-55-57-59-61-63-69(73)68(67-78-79(75,76)77-66-65-72(3,4)5)71-70(74)64-62-60-58-56-54-52-50-48-46-44-42-40-37-33-31-29-27-25-23-21-19-17-15-13-11-9-7-2/h9,11,15,17,21,23,27,29,33,37,68-69,73H,6-8,10,12-14,16,18-20,22,24-26,28,30-32,34-36,38-67H2,1-5H3,(H-,71,74,75,76)/b11-9-,17-15-,23-21-,29-27-,37-33-. The average molecular weight is 1130 g/mol. The van der Waals surface area contributed by atoms with Gasteiger partial charge in [-0.15, -0.1) is 0 Å². The number of phosphoric ester groups is 1. The van der Waals surface area contributed by atoms with Gasteiger partial charge in [0, 0.05) is 6.42 Å². The number of rotatable bonds is 63. The number of carbonyl (C=O) groups excluding carboxylic acids is 1. The predicted molar refractivity (Wildman–Crippen MR) is 344 cm³/mol. The Bertz CT molecular complexity index is 1470. The van der Waals surface area contributed by atoms with Crippen molar-refractivity contribution in [3.05, 3.63) is 60.8 Å². The summed E-state index contributed by atoms with van der Waals surface area (Å²) in [5, 5.41) is 14.1. The number of phosphoric acid groups is 1. The molecule has 0 spiro atoms. The van der Waals surface area contributed by atoms with Crippen LogP contribution in [-0.2, 0) is 18.4 Å². The molecule has 0 saturated carbocycles. The van der Waals surface area contributed by atoms with E-state index in [1.807, 2.05) is 21.1 Å². The van der Waals surface area contributed by atoms with Gasteiger partial charge in [0.05, 0.1) is 39.9 Å². The number of likely N-dealkylation sites (N-methyl/N-ethyl adjacent to an activating group) is 1. The van der Waals surface area contributed by atoms with Gasteiger partial charge in [0.15, 0.2) is 0 Å². The van der Waals surface area contributed by atoms with Gasteiger partial charge in [0.25, 0.3) is 7.82 Å². The molecule has 0 aliphatic rings. The fourth-order valence-electron chi connectivity index (χ4n) is 10.2. The zero-order valence-corrected chi connectivity index (χ0v) is 54.0. The summed E-state index contributed by atoms with van der Waals surface area (Å²) in [5.41, 5.74) is 0. The summed E-state index contributed by atoms with van der Waals surface area (Å²) >= 11 is 0.